The van der Waals surface area contributed by atoms with Gasteiger partial charge < -0.3 is 9.64 Å². The lowest BCUT2D eigenvalue weighted by Gasteiger charge is -2.41. The molecule has 0 N–H and O–H groups in total. The zero-order chi connectivity index (χ0) is 14.0. The number of pyridine rings is 1. The van der Waals surface area contributed by atoms with Gasteiger partial charge in [-0.25, -0.2) is 4.39 Å². The summed E-state index contributed by atoms with van der Waals surface area (Å²) in [6, 6.07) is 0.995. The van der Waals surface area contributed by atoms with Crippen molar-refractivity contribution in [2.24, 2.45) is 0 Å². The Morgan fingerprint density at radius 3 is 2.68 bits per heavy atom. The van der Waals surface area contributed by atoms with E-state index in [0.29, 0.717) is 23.2 Å². The lowest BCUT2D eigenvalue weighted by atomic mass is 10.1. The van der Waals surface area contributed by atoms with Gasteiger partial charge in [-0.05, 0) is 22.0 Å². The Balaban J connectivity index is 2.05. The number of ether oxygens (including phenoxy) is 1. The molecule has 0 aliphatic carbocycles. The predicted molar refractivity (Wildman–Crippen MR) is 64.9 cm³/mol. The van der Waals surface area contributed by atoms with E-state index in [-0.39, 0.29) is 12.7 Å². The highest BCUT2D eigenvalue weighted by molar-refractivity contribution is 9.10. The number of nitrogens with zero attached hydrogens (tertiary/aromatic N) is 2. The van der Waals surface area contributed by atoms with Gasteiger partial charge in [0.25, 0.3) is 0 Å². The maximum Gasteiger partial charge on any atom is 0.433 e. The van der Waals surface area contributed by atoms with Crippen LogP contribution in [0, 0.1) is 0 Å². The van der Waals surface area contributed by atoms with Gasteiger partial charge in [0.1, 0.15) is 12.4 Å². The molecule has 0 saturated carbocycles. The van der Waals surface area contributed by atoms with Crippen LogP contribution in [0.4, 0.5) is 23.2 Å². The van der Waals surface area contributed by atoms with Crippen LogP contribution in [0.3, 0.4) is 0 Å². The maximum absolute atomic E-state index is 12.6. The van der Waals surface area contributed by atoms with E-state index in [1.807, 2.05) is 0 Å². The molecule has 106 valence electrons. The molecule has 3 nitrogen and oxygen atoms in total. The fourth-order valence-corrected chi connectivity index (χ4v) is 2.24. The lowest BCUT2D eigenvalue weighted by Crippen LogP contribution is -2.52. The minimum atomic E-state index is -4.47. The topological polar surface area (TPSA) is 25.4 Å². The van der Waals surface area contributed by atoms with Crippen LogP contribution in [0.2, 0.25) is 0 Å². The second-order valence-corrected chi connectivity index (χ2v) is 4.96. The van der Waals surface area contributed by atoms with Crippen molar-refractivity contribution in [1.82, 2.24) is 4.98 Å². The SMILES string of the molecule is FCCOC1CN(c2cc(C(F)(F)F)ncc2Br)C1. The van der Waals surface area contributed by atoms with Gasteiger partial charge in [0.05, 0.1) is 22.9 Å². The number of rotatable bonds is 4. The van der Waals surface area contributed by atoms with Gasteiger partial charge in [0.2, 0.25) is 0 Å². The molecule has 19 heavy (non-hydrogen) atoms. The van der Waals surface area contributed by atoms with Crippen molar-refractivity contribution in [3.05, 3.63) is 22.4 Å². The van der Waals surface area contributed by atoms with Crippen LogP contribution < -0.4 is 4.90 Å². The number of halogens is 5. The van der Waals surface area contributed by atoms with Crippen LogP contribution in [0.5, 0.6) is 0 Å². The molecular formula is C11H11BrF4N2O. The number of anilines is 1. The summed E-state index contributed by atoms with van der Waals surface area (Å²) in [6.45, 7) is 0.345. The Bertz CT molecular complexity index is 449. The van der Waals surface area contributed by atoms with Crippen molar-refractivity contribution in [1.29, 1.82) is 0 Å². The third kappa shape index (κ3) is 3.36. The monoisotopic (exact) mass is 342 g/mol. The van der Waals surface area contributed by atoms with Gasteiger partial charge in [0.15, 0.2) is 0 Å². The highest BCUT2D eigenvalue weighted by Gasteiger charge is 2.35. The zero-order valence-corrected chi connectivity index (χ0v) is 11.3. The second kappa shape index (κ2) is 5.62. The summed E-state index contributed by atoms with van der Waals surface area (Å²) in [6.07, 6.45) is -3.47. The molecule has 0 spiro atoms. The zero-order valence-electron chi connectivity index (χ0n) is 9.75. The van der Waals surface area contributed by atoms with E-state index in [4.69, 9.17) is 4.74 Å². The van der Waals surface area contributed by atoms with E-state index in [2.05, 4.69) is 20.9 Å². The normalized spacial score (nSPS) is 16.6. The molecule has 1 aromatic rings. The molecule has 0 radical (unpaired) electrons. The Kier molecular flexibility index (Phi) is 4.29. The van der Waals surface area contributed by atoms with Crippen molar-refractivity contribution in [3.63, 3.8) is 0 Å². The van der Waals surface area contributed by atoms with Crippen molar-refractivity contribution in [2.75, 3.05) is 31.3 Å². The van der Waals surface area contributed by atoms with E-state index in [9.17, 15) is 17.6 Å². The molecular weight excluding hydrogens is 332 g/mol. The summed E-state index contributed by atoms with van der Waals surface area (Å²) in [5, 5.41) is 0. The van der Waals surface area contributed by atoms with E-state index < -0.39 is 18.5 Å². The van der Waals surface area contributed by atoms with E-state index >= 15 is 0 Å². The summed E-state index contributed by atoms with van der Waals surface area (Å²) < 4.78 is 55.2. The predicted octanol–water partition coefficient (Wildman–Crippen LogP) is 3.04. The largest absolute Gasteiger partial charge is 0.433 e. The first kappa shape index (κ1) is 14.5. The van der Waals surface area contributed by atoms with Crippen LogP contribution in [0.1, 0.15) is 5.69 Å². The molecule has 2 heterocycles. The molecule has 0 bridgehead atoms. The molecule has 1 aromatic heterocycles. The van der Waals surface area contributed by atoms with E-state index in [0.717, 1.165) is 12.3 Å². The Morgan fingerprint density at radius 1 is 1.42 bits per heavy atom. The minimum Gasteiger partial charge on any atom is -0.372 e. The summed E-state index contributed by atoms with van der Waals surface area (Å²) in [5.74, 6) is 0. The lowest BCUT2D eigenvalue weighted by molar-refractivity contribution is -0.141. The van der Waals surface area contributed by atoms with Gasteiger partial charge in [-0.3, -0.25) is 4.98 Å². The Morgan fingerprint density at radius 2 is 2.11 bits per heavy atom. The first-order valence-corrected chi connectivity index (χ1v) is 6.36. The molecule has 8 heteroatoms. The van der Waals surface area contributed by atoms with Gasteiger partial charge in [0, 0.05) is 19.3 Å². The summed E-state index contributed by atoms with van der Waals surface area (Å²) in [7, 11) is 0. The maximum atomic E-state index is 12.6. The van der Waals surface area contributed by atoms with E-state index in [1.165, 1.54) is 0 Å². The first-order chi connectivity index (χ1) is 8.91. The van der Waals surface area contributed by atoms with Crippen LogP contribution in [-0.4, -0.2) is 37.5 Å². The summed E-state index contributed by atoms with van der Waals surface area (Å²) in [4.78, 5) is 5.07. The molecule has 0 aromatic carbocycles. The molecule has 0 unspecified atom stereocenters. The van der Waals surface area contributed by atoms with Gasteiger partial charge in [-0.1, -0.05) is 0 Å². The highest BCUT2D eigenvalue weighted by atomic mass is 79.9. The molecule has 0 amide bonds. The molecule has 1 fully saturated rings. The highest BCUT2D eigenvalue weighted by Crippen LogP contribution is 2.35. The first-order valence-electron chi connectivity index (χ1n) is 5.57. The molecule has 0 atom stereocenters. The Hall–Kier alpha value is -0.890. The molecule has 1 aliphatic rings. The van der Waals surface area contributed by atoms with Crippen LogP contribution in [0.15, 0.2) is 16.7 Å². The number of hydrogen-bond donors (Lipinski definition) is 0. The summed E-state index contributed by atoms with van der Waals surface area (Å²) in [5.41, 5.74) is -0.513. The quantitative estimate of drug-likeness (QED) is 0.786. The number of aromatic nitrogens is 1. The van der Waals surface area contributed by atoms with Gasteiger partial charge >= 0.3 is 6.18 Å². The summed E-state index contributed by atoms with van der Waals surface area (Å²) >= 11 is 3.17. The molecule has 1 aliphatic heterocycles. The third-order valence-corrected chi connectivity index (χ3v) is 3.36. The third-order valence-electron chi connectivity index (χ3n) is 2.74. The average Bonchev–Trinajstić information content (AvgIpc) is 2.27. The van der Waals surface area contributed by atoms with Gasteiger partial charge in [-0.15, -0.1) is 0 Å². The van der Waals surface area contributed by atoms with E-state index in [1.54, 1.807) is 4.90 Å². The fraction of sp³-hybridized carbons (Fsp3) is 0.545. The van der Waals surface area contributed by atoms with Crippen molar-refractivity contribution < 1.29 is 22.3 Å². The minimum absolute atomic E-state index is 0.0177. The average molecular weight is 343 g/mol. The van der Waals surface area contributed by atoms with Gasteiger partial charge in [-0.2, -0.15) is 13.2 Å². The van der Waals surface area contributed by atoms with Crippen LogP contribution >= 0.6 is 15.9 Å². The van der Waals surface area contributed by atoms with Crippen LogP contribution in [0.25, 0.3) is 0 Å². The fourth-order valence-electron chi connectivity index (χ4n) is 1.78. The molecule has 2 rings (SSSR count). The smallest absolute Gasteiger partial charge is 0.372 e. The van der Waals surface area contributed by atoms with Crippen molar-refractivity contribution >= 4 is 21.6 Å². The number of hydrogen-bond acceptors (Lipinski definition) is 3. The standard InChI is InChI=1S/C11H11BrF4N2O/c12-8-4-17-10(11(14,15)16)3-9(8)18-5-7(6-18)19-2-1-13/h3-4,7H,1-2,5-6H2. The second-order valence-electron chi connectivity index (χ2n) is 4.11. The van der Waals surface area contributed by atoms with Crippen molar-refractivity contribution in [2.45, 2.75) is 12.3 Å². The Labute approximate surface area is 115 Å². The van der Waals surface area contributed by atoms with Crippen molar-refractivity contribution in [3.8, 4) is 0 Å². The number of alkyl halides is 4. The molecule has 1 saturated heterocycles. The van der Waals surface area contributed by atoms with Crippen LogP contribution in [-0.2, 0) is 10.9 Å².